The van der Waals surface area contributed by atoms with Crippen LogP contribution in [0.4, 0.5) is 0 Å². The Balaban J connectivity index is 2.08. The number of carbonyl (C=O) groups excluding carboxylic acids is 1. The van der Waals surface area contributed by atoms with Crippen molar-refractivity contribution in [3.63, 3.8) is 0 Å². The first-order chi connectivity index (χ1) is 7.38. The smallest absolute Gasteiger partial charge is 0.299 e. The minimum absolute atomic E-state index is 0.191. The molecule has 0 aliphatic heterocycles. The number of hydrogen-bond acceptors (Lipinski definition) is 4. The first-order valence-corrected chi connectivity index (χ1v) is 4.48. The SMILES string of the molecule is O=COc1cc(Cc2ccccc2)on1. The van der Waals surface area contributed by atoms with Gasteiger partial charge in [0.1, 0.15) is 5.76 Å². The largest absolute Gasteiger partial charge is 0.406 e. The molecule has 0 unspecified atom stereocenters. The maximum Gasteiger partial charge on any atom is 0.299 e. The lowest BCUT2D eigenvalue weighted by Gasteiger charge is -1.94. The second-order valence-electron chi connectivity index (χ2n) is 3.01. The fourth-order valence-corrected chi connectivity index (χ4v) is 1.28. The quantitative estimate of drug-likeness (QED) is 0.711. The second-order valence-corrected chi connectivity index (χ2v) is 3.01. The normalized spacial score (nSPS) is 9.87. The highest BCUT2D eigenvalue weighted by Gasteiger charge is 2.05. The summed E-state index contributed by atoms with van der Waals surface area (Å²) < 4.78 is 9.53. The van der Waals surface area contributed by atoms with E-state index in [0.717, 1.165) is 5.56 Å². The molecule has 4 heteroatoms. The summed E-state index contributed by atoms with van der Waals surface area (Å²) in [5, 5.41) is 3.57. The van der Waals surface area contributed by atoms with E-state index in [9.17, 15) is 4.79 Å². The molecular weight excluding hydrogens is 194 g/mol. The monoisotopic (exact) mass is 203 g/mol. The summed E-state index contributed by atoms with van der Waals surface area (Å²) in [6.07, 6.45) is 0.635. The molecule has 2 aromatic rings. The van der Waals surface area contributed by atoms with Gasteiger partial charge in [-0.25, -0.2) is 0 Å². The average molecular weight is 203 g/mol. The van der Waals surface area contributed by atoms with Crippen LogP contribution in [-0.4, -0.2) is 11.6 Å². The van der Waals surface area contributed by atoms with Crippen LogP contribution in [0.5, 0.6) is 5.88 Å². The Morgan fingerprint density at radius 3 is 2.87 bits per heavy atom. The van der Waals surface area contributed by atoms with E-state index in [-0.39, 0.29) is 5.88 Å². The molecule has 15 heavy (non-hydrogen) atoms. The second kappa shape index (κ2) is 4.41. The van der Waals surface area contributed by atoms with Crippen molar-refractivity contribution in [3.8, 4) is 5.88 Å². The van der Waals surface area contributed by atoms with Gasteiger partial charge in [-0.1, -0.05) is 30.3 Å². The predicted molar refractivity (Wildman–Crippen MR) is 52.4 cm³/mol. The van der Waals surface area contributed by atoms with Crippen molar-refractivity contribution in [1.29, 1.82) is 0 Å². The van der Waals surface area contributed by atoms with Crippen LogP contribution in [0.15, 0.2) is 40.9 Å². The summed E-state index contributed by atoms with van der Waals surface area (Å²) in [5.74, 6) is 0.856. The highest BCUT2D eigenvalue weighted by atomic mass is 16.6. The van der Waals surface area contributed by atoms with Gasteiger partial charge in [-0.2, -0.15) is 0 Å². The summed E-state index contributed by atoms with van der Waals surface area (Å²) in [5.41, 5.74) is 1.12. The van der Waals surface area contributed by atoms with E-state index in [4.69, 9.17) is 4.52 Å². The van der Waals surface area contributed by atoms with E-state index in [1.165, 1.54) is 0 Å². The van der Waals surface area contributed by atoms with Crippen molar-refractivity contribution in [2.45, 2.75) is 6.42 Å². The molecule has 0 aliphatic carbocycles. The minimum Gasteiger partial charge on any atom is -0.406 e. The third kappa shape index (κ3) is 2.43. The van der Waals surface area contributed by atoms with Crippen LogP contribution >= 0.6 is 0 Å². The molecule has 0 saturated carbocycles. The van der Waals surface area contributed by atoms with Crippen LogP contribution in [0.3, 0.4) is 0 Å². The Labute approximate surface area is 86.5 Å². The van der Waals surface area contributed by atoms with Crippen molar-refractivity contribution < 1.29 is 14.1 Å². The fourth-order valence-electron chi connectivity index (χ4n) is 1.28. The molecule has 0 N–H and O–H groups in total. The zero-order valence-corrected chi connectivity index (χ0v) is 7.92. The van der Waals surface area contributed by atoms with Gasteiger partial charge in [-0.05, 0) is 10.7 Å². The van der Waals surface area contributed by atoms with Gasteiger partial charge < -0.3 is 9.26 Å². The van der Waals surface area contributed by atoms with Crippen molar-refractivity contribution in [1.82, 2.24) is 5.16 Å². The number of rotatable bonds is 4. The lowest BCUT2D eigenvalue weighted by Crippen LogP contribution is -1.87. The molecule has 0 bridgehead atoms. The highest BCUT2D eigenvalue weighted by molar-refractivity contribution is 5.42. The van der Waals surface area contributed by atoms with Gasteiger partial charge in [0, 0.05) is 12.5 Å². The Bertz CT molecular complexity index is 436. The van der Waals surface area contributed by atoms with E-state index in [2.05, 4.69) is 9.89 Å². The third-order valence-corrected chi connectivity index (χ3v) is 1.93. The Morgan fingerprint density at radius 2 is 2.13 bits per heavy atom. The topological polar surface area (TPSA) is 52.3 Å². The molecule has 2 rings (SSSR count). The molecule has 4 nitrogen and oxygen atoms in total. The van der Waals surface area contributed by atoms with Crippen LogP contribution < -0.4 is 4.74 Å². The van der Waals surface area contributed by atoms with E-state index in [1.54, 1.807) is 6.07 Å². The lowest BCUT2D eigenvalue weighted by atomic mass is 10.1. The van der Waals surface area contributed by atoms with Crippen LogP contribution in [0.2, 0.25) is 0 Å². The van der Waals surface area contributed by atoms with Crippen LogP contribution in [-0.2, 0) is 11.2 Å². The summed E-state index contributed by atoms with van der Waals surface area (Å²) in [4.78, 5) is 10.0. The third-order valence-electron chi connectivity index (χ3n) is 1.93. The van der Waals surface area contributed by atoms with E-state index < -0.39 is 0 Å². The molecule has 0 spiro atoms. The molecule has 0 radical (unpaired) electrons. The molecule has 0 amide bonds. The molecule has 1 heterocycles. The Hall–Kier alpha value is -2.10. The van der Waals surface area contributed by atoms with Gasteiger partial charge >= 0.3 is 0 Å². The van der Waals surface area contributed by atoms with E-state index >= 15 is 0 Å². The maximum absolute atomic E-state index is 10.0. The van der Waals surface area contributed by atoms with Gasteiger partial charge in [-0.3, -0.25) is 4.79 Å². The van der Waals surface area contributed by atoms with Crippen molar-refractivity contribution in [2.24, 2.45) is 0 Å². The van der Waals surface area contributed by atoms with E-state index in [0.29, 0.717) is 18.7 Å². The number of hydrogen-bond donors (Lipinski definition) is 0. The molecule has 0 aliphatic rings. The predicted octanol–water partition coefficient (Wildman–Crippen LogP) is 1.80. The van der Waals surface area contributed by atoms with Crippen LogP contribution in [0.25, 0.3) is 0 Å². The molecule has 76 valence electrons. The number of carbonyl (C=O) groups is 1. The average Bonchev–Trinajstić information content (AvgIpc) is 2.68. The van der Waals surface area contributed by atoms with Gasteiger partial charge in [0.2, 0.25) is 0 Å². The first-order valence-electron chi connectivity index (χ1n) is 4.48. The number of ether oxygens (including phenoxy) is 1. The zero-order chi connectivity index (χ0) is 10.5. The van der Waals surface area contributed by atoms with E-state index in [1.807, 2.05) is 30.3 Å². The number of benzene rings is 1. The van der Waals surface area contributed by atoms with Gasteiger partial charge in [0.15, 0.2) is 0 Å². The molecule has 1 aromatic carbocycles. The minimum atomic E-state index is 0.191. The van der Waals surface area contributed by atoms with Gasteiger partial charge in [0.05, 0.1) is 0 Å². The first kappa shape index (κ1) is 9.45. The molecule has 1 aromatic heterocycles. The number of nitrogens with zero attached hydrogens (tertiary/aromatic N) is 1. The fraction of sp³-hybridized carbons (Fsp3) is 0.0909. The Kier molecular flexibility index (Phi) is 2.78. The van der Waals surface area contributed by atoms with Crippen molar-refractivity contribution in [3.05, 3.63) is 47.7 Å². The summed E-state index contributed by atoms with van der Waals surface area (Å²) in [6.45, 7) is 0.324. The molecule has 0 fully saturated rings. The summed E-state index contributed by atoms with van der Waals surface area (Å²) >= 11 is 0. The summed E-state index contributed by atoms with van der Waals surface area (Å²) in [7, 11) is 0. The molecule has 0 saturated heterocycles. The summed E-state index contributed by atoms with van der Waals surface area (Å²) in [6, 6.07) is 11.4. The standard InChI is InChI=1S/C11H9NO3/c13-8-14-11-7-10(15-12-11)6-9-4-2-1-3-5-9/h1-5,7-8H,6H2. The van der Waals surface area contributed by atoms with Crippen molar-refractivity contribution >= 4 is 6.47 Å². The van der Waals surface area contributed by atoms with Crippen LogP contribution in [0.1, 0.15) is 11.3 Å². The highest BCUT2D eigenvalue weighted by Crippen LogP contribution is 2.14. The van der Waals surface area contributed by atoms with Crippen molar-refractivity contribution in [2.75, 3.05) is 0 Å². The Morgan fingerprint density at radius 1 is 1.33 bits per heavy atom. The molecule has 0 atom stereocenters. The zero-order valence-electron chi connectivity index (χ0n) is 7.92. The van der Waals surface area contributed by atoms with Gasteiger partial charge in [0.25, 0.3) is 12.4 Å². The lowest BCUT2D eigenvalue weighted by molar-refractivity contribution is -0.121. The van der Waals surface area contributed by atoms with Gasteiger partial charge in [-0.15, -0.1) is 0 Å². The molecular formula is C11H9NO3. The maximum atomic E-state index is 10.0. The van der Waals surface area contributed by atoms with Crippen LogP contribution in [0, 0.1) is 0 Å². The number of aromatic nitrogens is 1.